The van der Waals surface area contributed by atoms with Crippen LogP contribution in [0.15, 0.2) is 80.1 Å². The molecule has 1 atom stereocenters. The summed E-state index contributed by atoms with van der Waals surface area (Å²) in [7, 11) is 1.34. The molecule has 0 saturated carbocycles. The van der Waals surface area contributed by atoms with Crippen molar-refractivity contribution >= 4 is 39.3 Å². The van der Waals surface area contributed by atoms with Crippen molar-refractivity contribution in [1.29, 1.82) is 0 Å². The second-order valence-electron chi connectivity index (χ2n) is 6.54. The molecule has 0 amide bonds. The Morgan fingerprint density at radius 1 is 1.21 bits per heavy atom. The van der Waals surface area contributed by atoms with E-state index in [-0.39, 0.29) is 5.56 Å². The number of hydrogen-bond acceptors (Lipinski definition) is 5. The van der Waals surface area contributed by atoms with Crippen LogP contribution in [-0.4, -0.2) is 17.6 Å². The zero-order chi connectivity index (χ0) is 20.5. The van der Waals surface area contributed by atoms with Crippen molar-refractivity contribution in [3.8, 4) is 0 Å². The number of hydrogen-bond donors (Lipinski definition) is 0. The van der Waals surface area contributed by atoms with Crippen molar-refractivity contribution in [2.75, 3.05) is 7.11 Å². The number of carbonyl (C=O) groups excluding carboxylic acids is 1. The van der Waals surface area contributed by atoms with E-state index < -0.39 is 12.0 Å². The summed E-state index contributed by atoms with van der Waals surface area (Å²) < 4.78 is 8.08. The lowest BCUT2D eigenvalue weighted by molar-refractivity contribution is -0.136. The lowest BCUT2D eigenvalue weighted by Crippen LogP contribution is -2.39. The van der Waals surface area contributed by atoms with Gasteiger partial charge in [-0.1, -0.05) is 69.7 Å². The maximum atomic E-state index is 13.3. The number of esters is 1. The molecule has 1 aromatic heterocycles. The summed E-state index contributed by atoms with van der Waals surface area (Å²) in [4.78, 5) is 31.0. The monoisotopic (exact) mass is 468 g/mol. The first-order valence-corrected chi connectivity index (χ1v) is 10.5. The fourth-order valence-electron chi connectivity index (χ4n) is 3.39. The maximum Gasteiger partial charge on any atom is 0.338 e. The SMILES string of the molecule is COC(=O)C1=C(C)N=c2s/c(=C\c3cccc(Br)c3)c(=O)n2C1c1ccccc1. The number of aromatic nitrogens is 1. The first-order valence-electron chi connectivity index (χ1n) is 8.91. The Bertz CT molecular complexity index is 1310. The molecule has 2 heterocycles. The number of carbonyl (C=O) groups is 1. The van der Waals surface area contributed by atoms with Crippen LogP contribution in [0.2, 0.25) is 0 Å². The van der Waals surface area contributed by atoms with Gasteiger partial charge in [-0.05, 0) is 36.3 Å². The second-order valence-corrected chi connectivity index (χ2v) is 8.46. The van der Waals surface area contributed by atoms with Crippen molar-refractivity contribution in [2.24, 2.45) is 4.99 Å². The molecule has 0 radical (unpaired) electrons. The van der Waals surface area contributed by atoms with Crippen LogP contribution in [-0.2, 0) is 9.53 Å². The van der Waals surface area contributed by atoms with Crippen LogP contribution in [0.3, 0.4) is 0 Å². The number of methoxy groups -OCH3 is 1. The lowest BCUT2D eigenvalue weighted by Gasteiger charge is -2.24. The normalized spacial score (nSPS) is 16.4. The van der Waals surface area contributed by atoms with E-state index in [0.717, 1.165) is 15.6 Å². The quantitative estimate of drug-likeness (QED) is 0.554. The smallest absolute Gasteiger partial charge is 0.338 e. The zero-order valence-electron chi connectivity index (χ0n) is 15.8. The molecule has 0 bridgehead atoms. The van der Waals surface area contributed by atoms with Crippen molar-refractivity contribution in [3.05, 3.63) is 101 Å². The predicted octanol–water partition coefficient (Wildman–Crippen LogP) is 3.17. The highest BCUT2D eigenvalue weighted by Crippen LogP contribution is 2.30. The van der Waals surface area contributed by atoms with Crippen LogP contribution in [0.5, 0.6) is 0 Å². The molecule has 0 aliphatic carbocycles. The molecule has 0 fully saturated rings. The Labute approximate surface area is 179 Å². The van der Waals surface area contributed by atoms with E-state index in [1.807, 2.05) is 60.7 Å². The number of ether oxygens (including phenoxy) is 1. The third-order valence-electron chi connectivity index (χ3n) is 4.69. The first-order chi connectivity index (χ1) is 14.0. The molecule has 0 N–H and O–H groups in total. The summed E-state index contributed by atoms with van der Waals surface area (Å²) in [5.74, 6) is -0.485. The number of rotatable bonds is 3. The largest absolute Gasteiger partial charge is 0.466 e. The van der Waals surface area contributed by atoms with E-state index >= 15 is 0 Å². The molecule has 1 aliphatic rings. The number of halogens is 1. The minimum atomic E-state index is -0.579. The number of nitrogens with zero attached hydrogens (tertiary/aromatic N) is 2. The molecule has 4 rings (SSSR count). The van der Waals surface area contributed by atoms with Gasteiger partial charge in [-0.2, -0.15) is 0 Å². The van der Waals surface area contributed by atoms with Gasteiger partial charge in [0.1, 0.15) is 0 Å². The van der Waals surface area contributed by atoms with Gasteiger partial charge in [0.25, 0.3) is 5.56 Å². The van der Waals surface area contributed by atoms with E-state index in [4.69, 9.17) is 4.74 Å². The van der Waals surface area contributed by atoms with Crippen molar-refractivity contribution in [3.63, 3.8) is 0 Å². The lowest BCUT2D eigenvalue weighted by atomic mass is 9.96. The second kappa shape index (κ2) is 7.93. The van der Waals surface area contributed by atoms with Gasteiger partial charge in [-0.15, -0.1) is 0 Å². The van der Waals surface area contributed by atoms with Gasteiger partial charge in [0.2, 0.25) is 0 Å². The molecule has 5 nitrogen and oxygen atoms in total. The van der Waals surface area contributed by atoms with Crippen LogP contribution in [0.4, 0.5) is 0 Å². The van der Waals surface area contributed by atoms with Crippen molar-refractivity contribution in [2.45, 2.75) is 13.0 Å². The number of benzene rings is 2. The molecule has 2 aromatic carbocycles. The number of fused-ring (bicyclic) bond motifs is 1. The van der Waals surface area contributed by atoms with Crippen molar-refractivity contribution in [1.82, 2.24) is 4.57 Å². The van der Waals surface area contributed by atoms with Gasteiger partial charge in [0, 0.05) is 4.47 Å². The van der Waals surface area contributed by atoms with Crippen LogP contribution in [0, 0.1) is 0 Å². The van der Waals surface area contributed by atoms with Gasteiger partial charge in [-0.3, -0.25) is 9.36 Å². The van der Waals surface area contributed by atoms with E-state index in [2.05, 4.69) is 20.9 Å². The summed E-state index contributed by atoms with van der Waals surface area (Å²) >= 11 is 4.77. The Hall–Kier alpha value is -2.77. The van der Waals surface area contributed by atoms with E-state index in [9.17, 15) is 9.59 Å². The van der Waals surface area contributed by atoms with Gasteiger partial charge in [0.05, 0.1) is 29.0 Å². The topological polar surface area (TPSA) is 60.7 Å². The summed E-state index contributed by atoms with van der Waals surface area (Å²) in [6.45, 7) is 1.77. The Balaban J connectivity index is 1.98. The molecular weight excluding hydrogens is 452 g/mol. The summed E-state index contributed by atoms with van der Waals surface area (Å²) in [5, 5.41) is 0. The molecule has 146 valence electrons. The van der Waals surface area contributed by atoms with Gasteiger partial charge in [0.15, 0.2) is 4.80 Å². The van der Waals surface area contributed by atoms with Crippen LogP contribution in [0.25, 0.3) is 6.08 Å². The molecule has 0 spiro atoms. The van der Waals surface area contributed by atoms with Crippen LogP contribution < -0.4 is 14.9 Å². The highest BCUT2D eigenvalue weighted by molar-refractivity contribution is 9.10. The maximum absolute atomic E-state index is 13.3. The number of allylic oxidation sites excluding steroid dienone is 1. The molecule has 1 unspecified atom stereocenters. The van der Waals surface area contributed by atoms with E-state index in [1.165, 1.54) is 18.4 Å². The fraction of sp³-hybridized carbons (Fsp3) is 0.136. The molecule has 29 heavy (non-hydrogen) atoms. The fourth-order valence-corrected chi connectivity index (χ4v) is 4.85. The van der Waals surface area contributed by atoms with E-state index in [1.54, 1.807) is 11.5 Å². The summed E-state index contributed by atoms with van der Waals surface area (Å²) in [6, 6.07) is 16.6. The van der Waals surface area contributed by atoms with Crippen LogP contribution in [0.1, 0.15) is 24.1 Å². The highest BCUT2D eigenvalue weighted by atomic mass is 79.9. The summed E-state index contributed by atoms with van der Waals surface area (Å²) in [5.41, 5.74) is 2.49. The van der Waals surface area contributed by atoms with Gasteiger partial charge >= 0.3 is 5.97 Å². The molecule has 7 heteroatoms. The Morgan fingerprint density at radius 3 is 2.66 bits per heavy atom. The minimum absolute atomic E-state index is 0.184. The van der Waals surface area contributed by atoms with Crippen molar-refractivity contribution < 1.29 is 9.53 Å². The highest BCUT2D eigenvalue weighted by Gasteiger charge is 2.32. The van der Waals surface area contributed by atoms with Crippen LogP contribution >= 0.6 is 27.3 Å². The Kier molecular flexibility index (Phi) is 5.34. The molecule has 0 saturated heterocycles. The summed E-state index contributed by atoms with van der Waals surface area (Å²) in [6.07, 6.45) is 1.84. The molecule has 3 aromatic rings. The first kappa shape index (κ1) is 19.5. The van der Waals surface area contributed by atoms with E-state index in [0.29, 0.717) is 20.6 Å². The average Bonchev–Trinajstić information content (AvgIpc) is 3.02. The standard InChI is InChI=1S/C22H17BrN2O3S/c1-13-18(21(27)28-2)19(15-8-4-3-5-9-15)25-20(26)17(29-22(25)24-13)12-14-7-6-10-16(23)11-14/h3-12,19H,1-2H3/b17-12-. The molecular formula is C22H17BrN2O3S. The molecule has 1 aliphatic heterocycles. The predicted molar refractivity (Wildman–Crippen MR) is 116 cm³/mol. The Morgan fingerprint density at radius 2 is 1.97 bits per heavy atom. The zero-order valence-corrected chi connectivity index (χ0v) is 18.2. The van der Waals surface area contributed by atoms with Gasteiger partial charge in [-0.25, -0.2) is 9.79 Å². The number of thiazole rings is 1. The average molecular weight is 469 g/mol. The minimum Gasteiger partial charge on any atom is -0.466 e. The third-order valence-corrected chi connectivity index (χ3v) is 6.16. The third kappa shape index (κ3) is 3.63. The van der Waals surface area contributed by atoms with Gasteiger partial charge < -0.3 is 4.74 Å².